The minimum absolute atomic E-state index is 0.0976. The molecule has 0 fully saturated rings. The molecule has 0 aliphatic heterocycles. The fraction of sp³-hybridized carbons (Fsp3) is 0.190. The molecule has 1 aromatic heterocycles. The van der Waals surface area contributed by atoms with E-state index in [2.05, 4.69) is 46.0 Å². The van der Waals surface area contributed by atoms with E-state index in [-0.39, 0.29) is 17.6 Å². The monoisotopic (exact) mass is 346 g/mol. The summed E-state index contributed by atoms with van der Waals surface area (Å²) >= 11 is 0. The third kappa shape index (κ3) is 4.45. The molecule has 26 heavy (non-hydrogen) atoms. The van der Waals surface area contributed by atoms with Gasteiger partial charge in [0, 0.05) is 11.7 Å². The normalized spacial score (nSPS) is 11.7. The number of aryl methyl sites for hydroxylation is 2. The van der Waals surface area contributed by atoms with Crippen LogP contribution in [0.4, 0.5) is 11.5 Å². The summed E-state index contributed by atoms with van der Waals surface area (Å²) in [7, 11) is 0. The Kier molecular flexibility index (Phi) is 5.27. The number of carbonyl (C=O) groups excluding carboxylic acids is 1. The molecule has 1 heterocycles. The van der Waals surface area contributed by atoms with E-state index in [1.54, 1.807) is 12.1 Å². The minimum atomic E-state index is -0.273. The molecule has 2 aromatic carbocycles. The van der Waals surface area contributed by atoms with Crippen molar-refractivity contribution >= 4 is 17.4 Å². The van der Waals surface area contributed by atoms with Crippen LogP contribution in [0.15, 0.2) is 60.7 Å². The number of rotatable bonds is 5. The Bertz CT molecular complexity index is 871. The van der Waals surface area contributed by atoms with Crippen LogP contribution in [0.3, 0.4) is 0 Å². The first kappa shape index (κ1) is 17.6. The number of anilines is 2. The van der Waals surface area contributed by atoms with E-state index in [1.807, 2.05) is 44.2 Å². The zero-order valence-corrected chi connectivity index (χ0v) is 15.2. The maximum Gasteiger partial charge on any atom is 0.276 e. The Hall–Kier alpha value is -3.21. The van der Waals surface area contributed by atoms with Gasteiger partial charge in [0.1, 0.15) is 5.82 Å². The first-order valence-corrected chi connectivity index (χ1v) is 8.56. The van der Waals surface area contributed by atoms with Crippen molar-refractivity contribution in [1.82, 2.24) is 10.2 Å². The molecule has 0 bridgehead atoms. The van der Waals surface area contributed by atoms with E-state index in [0.29, 0.717) is 5.82 Å². The van der Waals surface area contributed by atoms with E-state index < -0.39 is 0 Å². The highest BCUT2D eigenvalue weighted by Gasteiger charge is 2.11. The van der Waals surface area contributed by atoms with Gasteiger partial charge in [0.2, 0.25) is 0 Å². The van der Waals surface area contributed by atoms with Crippen molar-refractivity contribution in [2.75, 3.05) is 10.6 Å². The van der Waals surface area contributed by atoms with Gasteiger partial charge >= 0.3 is 0 Å². The number of hydrogen-bond donors (Lipinski definition) is 2. The lowest BCUT2D eigenvalue weighted by atomic mass is 10.1. The Labute approximate surface area is 153 Å². The molecule has 0 saturated heterocycles. The molecular formula is C21H22N4O. The van der Waals surface area contributed by atoms with Gasteiger partial charge in [0.25, 0.3) is 5.91 Å². The largest absolute Gasteiger partial charge is 0.362 e. The second kappa shape index (κ2) is 7.78. The number of hydrogen-bond acceptors (Lipinski definition) is 4. The van der Waals surface area contributed by atoms with Crippen molar-refractivity contribution in [1.29, 1.82) is 0 Å². The summed E-state index contributed by atoms with van der Waals surface area (Å²) in [6, 6.07) is 19.5. The highest BCUT2D eigenvalue weighted by Crippen LogP contribution is 2.18. The van der Waals surface area contributed by atoms with Crippen molar-refractivity contribution in [2.45, 2.75) is 26.8 Å². The lowest BCUT2D eigenvalue weighted by molar-refractivity contribution is 0.102. The van der Waals surface area contributed by atoms with Crippen molar-refractivity contribution in [2.24, 2.45) is 0 Å². The maximum absolute atomic E-state index is 12.4. The van der Waals surface area contributed by atoms with Crippen LogP contribution in [0.2, 0.25) is 0 Å². The SMILES string of the molecule is Cc1cc(C)cc(NC(=O)c2ccc(NC(C)c3ccccc3)nn2)c1. The Morgan fingerprint density at radius 1 is 0.923 bits per heavy atom. The molecule has 3 aromatic rings. The highest BCUT2D eigenvalue weighted by molar-refractivity contribution is 6.02. The van der Waals surface area contributed by atoms with Crippen LogP contribution in [-0.2, 0) is 0 Å². The fourth-order valence-electron chi connectivity index (χ4n) is 2.82. The molecule has 5 nitrogen and oxygen atoms in total. The summed E-state index contributed by atoms with van der Waals surface area (Å²) in [4.78, 5) is 12.4. The maximum atomic E-state index is 12.4. The molecule has 2 N–H and O–H groups in total. The molecule has 1 unspecified atom stereocenters. The first-order chi connectivity index (χ1) is 12.5. The Morgan fingerprint density at radius 2 is 1.62 bits per heavy atom. The van der Waals surface area contributed by atoms with Gasteiger partial charge in [-0.25, -0.2) is 0 Å². The topological polar surface area (TPSA) is 66.9 Å². The lowest BCUT2D eigenvalue weighted by Gasteiger charge is -2.14. The Morgan fingerprint density at radius 3 is 2.23 bits per heavy atom. The van der Waals surface area contributed by atoms with Crippen LogP contribution in [0.5, 0.6) is 0 Å². The van der Waals surface area contributed by atoms with Crippen LogP contribution in [0, 0.1) is 13.8 Å². The molecule has 0 radical (unpaired) electrons. The number of nitrogens with zero attached hydrogens (tertiary/aromatic N) is 2. The van der Waals surface area contributed by atoms with Crippen molar-refractivity contribution in [3.8, 4) is 0 Å². The van der Waals surface area contributed by atoms with Gasteiger partial charge in [-0.2, -0.15) is 0 Å². The zero-order chi connectivity index (χ0) is 18.5. The second-order valence-electron chi connectivity index (χ2n) is 6.41. The van der Waals surface area contributed by atoms with Gasteiger partial charge in [0.05, 0.1) is 0 Å². The van der Waals surface area contributed by atoms with E-state index in [4.69, 9.17) is 0 Å². The molecule has 0 aliphatic rings. The third-order valence-corrected chi connectivity index (χ3v) is 4.04. The van der Waals surface area contributed by atoms with Crippen molar-refractivity contribution < 1.29 is 4.79 Å². The molecule has 5 heteroatoms. The molecule has 0 saturated carbocycles. The molecule has 3 rings (SSSR count). The summed E-state index contributed by atoms with van der Waals surface area (Å²) in [5.74, 6) is 0.356. The molecule has 132 valence electrons. The minimum Gasteiger partial charge on any atom is -0.362 e. The van der Waals surface area contributed by atoms with Gasteiger partial charge in [-0.15, -0.1) is 10.2 Å². The van der Waals surface area contributed by atoms with Crippen LogP contribution < -0.4 is 10.6 Å². The van der Waals surface area contributed by atoms with Crippen LogP contribution in [-0.4, -0.2) is 16.1 Å². The number of nitrogens with one attached hydrogen (secondary N) is 2. The van der Waals surface area contributed by atoms with E-state index >= 15 is 0 Å². The quantitative estimate of drug-likeness (QED) is 0.713. The average Bonchev–Trinajstić information content (AvgIpc) is 2.62. The van der Waals surface area contributed by atoms with Crippen molar-refractivity contribution in [3.05, 3.63) is 83.0 Å². The summed E-state index contributed by atoms with van der Waals surface area (Å²) < 4.78 is 0. The number of aromatic nitrogens is 2. The highest BCUT2D eigenvalue weighted by atomic mass is 16.1. The van der Waals surface area contributed by atoms with Gasteiger partial charge in [0.15, 0.2) is 5.69 Å². The summed E-state index contributed by atoms with van der Waals surface area (Å²) in [5.41, 5.74) is 4.39. The third-order valence-electron chi connectivity index (χ3n) is 4.04. The van der Waals surface area contributed by atoms with Crippen LogP contribution in [0.25, 0.3) is 0 Å². The predicted octanol–water partition coefficient (Wildman–Crippen LogP) is 4.52. The average molecular weight is 346 g/mol. The first-order valence-electron chi connectivity index (χ1n) is 8.56. The van der Waals surface area contributed by atoms with Gasteiger partial charge in [-0.3, -0.25) is 4.79 Å². The molecule has 1 atom stereocenters. The summed E-state index contributed by atoms with van der Waals surface area (Å²) in [6.45, 7) is 6.05. The van der Waals surface area contributed by atoms with E-state index in [9.17, 15) is 4.79 Å². The van der Waals surface area contributed by atoms with Crippen LogP contribution in [0.1, 0.15) is 40.1 Å². The molecule has 1 amide bonds. The standard InChI is InChI=1S/C21H22N4O/c1-14-11-15(2)13-18(12-14)23-21(26)19-9-10-20(25-24-19)22-16(3)17-7-5-4-6-8-17/h4-13,16H,1-3H3,(H,22,25)(H,23,26). The fourth-order valence-corrected chi connectivity index (χ4v) is 2.82. The van der Waals surface area contributed by atoms with E-state index in [0.717, 1.165) is 22.4 Å². The van der Waals surface area contributed by atoms with Gasteiger partial charge in [-0.05, 0) is 61.7 Å². The molecule has 0 aliphatic carbocycles. The molecular weight excluding hydrogens is 324 g/mol. The number of carbonyl (C=O) groups is 1. The number of benzene rings is 2. The van der Waals surface area contributed by atoms with Crippen LogP contribution >= 0.6 is 0 Å². The van der Waals surface area contributed by atoms with Gasteiger partial charge < -0.3 is 10.6 Å². The van der Waals surface area contributed by atoms with Gasteiger partial charge in [-0.1, -0.05) is 36.4 Å². The smallest absolute Gasteiger partial charge is 0.276 e. The predicted molar refractivity (Wildman–Crippen MR) is 104 cm³/mol. The Balaban J connectivity index is 1.66. The van der Waals surface area contributed by atoms with Crippen molar-refractivity contribution in [3.63, 3.8) is 0 Å². The molecule has 0 spiro atoms. The second-order valence-corrected chi connectivity index (χ2v) is 6.41. The van der Waals surface area contributed by atoms with E-state index in [1.165, 1.54) is 0 Å². The lowest BCUT2D eigenvalue weighted by Crippen LogP contribution is -2.15. The zero-order valence-electron chi connectivity index (χ0n) is 15.2. The summed E-state index contributed by atoms with van der Waals surface area (Å²) in [6.07, 6.45) is 0. The number of amides is 1. The summed E-state index contributed by atoms with van der Waals surface area (Å²) in [5, 5.41) is 14.3.